The number of likely N-dealkylation sites (tertiary alicyclic amines) is 1. The van der Waals surface area contributed by atoms with Crippen molar-refractivity contribution >= 4 is 17.4 Å². The van der Waals surface area contributed by atoms with Crippen LogP contribution in [-0.4, -0.2) is 65.9 Å². The van der Waals surface area contributed by atoms with Gasteiger partial charge in [-0.15, -0.1) is 0 Å². The molecule has 158 valence electrons. The topological polar surface area (TPSA) is 83.0 Å². The minimum atomic E-state index is -0.803. The summed E-state index contributed by atoms with van der Waals surface area (Å²) < 4.78 is 19.1. The summed E-state index contributed by atoms with van der Waals surface area (Å²) in [6.07, 6.45) is 3.78. The SMILES string of the molecule is COc1ccc(/C(O)=C2\C(=O)C(=O)N(CCCN(C)C)[C@H]2c2cccnc2)cc1F. The Labute approximate surface area is 174 Å². The lowest BCUT2D eigenvalue weighted by atomic mass is 9.96. The van der Waals surface area contributed by atoms with Crippen LogP contribution in [0.25, 0.3) is 5.76 Å². The first-order valence-corrected chi connectivity index (χ1v) is 9.52. The number of aliphatic hydroxyl groups excluding tert-OH is 1. The lowest BCUT2D eigenvalue weighted by Crippen LogP contribution is -2.32. The van der Waals surface area contributed by atoms with E-state index in [0.717, 1.165) is 12.6 Å². The molecule has 1 atom stereocenters. The number of rotatable bonds is 7. The molecule has 0 radical (unpaired) electrons. The number of ketones is 1. The van der Waals surface area contributed by atoms with Crippen molar-refractivity contribution in [2.24, 2.45) is 0 Å². The van der Waals surface area contributed by atoms with Crippen LogP contribution in [0.2, 0.25) is 0 Å². The summed E-state index contributed by atoms with van der Waals surface area (Å²) >= 11 is 0. The summed E-state index contributed by atoms with van der Waals surface area (Å²) in [7, 11) is 5.18. The van der Waals surface area contributed by atoms with Gasteiger partial charge in [-0.1, -0.05) is 6.07 Å². The molecule has 0 unspecified atom stereocenters. The lowest BCUT2D eigenvalue weighted by Gasteiger charge is -2.25. The van der Waals surface area contributed by atoms with Gasteiger partial charge in [0.1, 0.15) is 5.76 Å². The molecule has 0 saturated carbocycles. The smallest absolute Gasteiger partial charge is 0.295 e. The first-order chi connectivity index (χ1) is 14.3. The number of ether oxygens (including phenoxy) is 1. The van der Waals surface area contributed by atoms with Gasteiger partial charge in [0, 0.05) is 24.5 Å². The van der Waals surface area contributed by atoms with Gasteiger partial charge in [-0.2, -0.15) is 0 Å². The van der Waals surface area contributed by atoms with Crippen molar-refractivity contribution in [1.82, 2.24) is 14.8 Å². The molecule has 1 N–H and O–H groups in total. The van der Waals surface area contributed by atoms with Crippen LogP contribution < -0.4 is 4.74 Å². The molecule has 1 aliphatic heterocycles. The van der Waals surface area contributed by atoms with Crippen molar-refractivity contribution in [3.8, 4) is 5.75 Å². The molecular formula is C22H24FN3O4. The fourth-order valence-corrected chi connectivity index (χ4v) is 3.52. The Hall–Kier alpha value is -3.26. The van der Waals surface area contributed by atoms with E-state index in [1.807, 2.05) is 19.0 Å². The second-order valence-electron chi connectivity index (χ2n) is 7.29. The average molecular weight is 413 g/mol. The Bertz CT molecular complexity index is 976. The van der Waals surface area contributed by atoms with Crippen LogP contribution in [0, 0.1) is 5.82 Å². The molecular weight excluding hydrogens is 389 g/mol. The Morgan fingerprint density at radius 2 is 2.07 bits per heavy atom. The zero-order chi connectivity index (χ0) is 21.8. The van der Waals surface area contributed by atoms with E-state index in [-0.39, 0.29) is 16.9 Å². The number of methoxy groups -OCH3 is 1. The third kappa shape index (κ3) is 4.18. The summed E-state index contributed by atoms with van der Waals surface area (Å²) in [5, 5.41) is 10.9. The highest BCUT2D eigenvalue weighted by atomic mass is 19.1. The number of hydrogen-bond acceptors (Lipinski definition) is 6. The maximum Gasteiger partial charge on any atom is 0.295 e. The number of benzene rings is 1. The summed E-state index contributed by atoms with van der Waals surface area (Å²) in [4.78, 5) is 33.2. The van der Waals surface area contributed by atoms with Crippen LogP contribution in [0.3, 0.4) is 0 Å². The van der Waals surface area contributed by atoms with Crippen molar-refractivity contribution in [3.63, 3.8) is 0 Å². The molecule has 0 bridgehead atoms. The highest BCUT2D eigenvalue weighted by molar-refractivity contribution is 6.46. The van der Waals surface area contributed by atoms with Gasteiger partial charge in [0.15, 0.2) is 11.6 Å². The van der Waals surface area contributed by atoms with E-state index in [1.165, 1.54) is 24.1 Å². The quantitative estimate of drug-likeness (QED) is 0.427. The van der Waals surface area contributed by atoms with Gasteiger partial charge in [0.25, 0.3) is 11.7 Å². The second kappa shape index (κ2) is 9.04. The number of carbonyl (C=O) groups is 2. The van der Waals surface area contributed by atoms with Gasteiger partial charge in [0.2, 0.25) is 0 Å². The molecule has 1 aliphatic rings. The molecule has 3 rings (SSSR count). The molecule has 0 spiro atoms. The molecule has 30 heavy (non-hydrogen) atoms. The number of carbonyl (C=O) groups excluding carboxylic acids is 2. The highest BCUT2D eigenvalue weighted by Crippen LogP contribution is 2.39. The Morgan fingerprint density at radius 3 is 2.67 bits per heavy atom. The van der Waals surface area contributed by atoms with Gasteiger partial charge >= 0.3 is 0 Å². The van der Waals surface area contributed by atoms with Crippen molar-refractivity contribution in [2.75, 3.05) is 34.3 Å². The Balaban J connectivity index is 2.08. The van der Waals surface area contributed by atoms with Crippen LogP contribution in [-0.2, 0) is 9.59 Å². The fourth-order valence-electron chi connectivity index (χ4n) is 3.52. The average Bonchev–Trinajstić information content (AvgIpc) is 2.98. The molecule has 2 heterocycles. The number of halogens is 1. The normalized spacial score (nSPS) is 18.3. The molecule has 8 heteroatoms. The number of hydrogen-bond donors (Lipinski definition) is 1. The number of pyridine rings is 1. The summed E-state index contributed by atoms with van der Waals surface area (Å²) in [5.74, 6) is -2.60. The summed E-state index contributed by atoms with van der Waals surface area (Å²) in [5.41, 5.74) is 0.605. The van der Waals surface area contributed by atoms with Gasteiger partial charge < -0.3 is 19.6 Å². The first-order valence-electron chi connectivity index (χ1n) is 9.52. The Morgan fingerprint density at radius 1 is 1.30 bits per heavy atom. The lowest BCUT2D eigenvalue weighted by molar-refractivity contribution is -0.139. The van der Waals surface area contributed by atoms with Gasteiger partial charge in [-0.05, 0) is 56.9 Å². The number of aromatic nitrogens is 1. The van der Waals surface area contributed by atoms with Crippen LogP contribution in [0.4, 0.5) is 4.39 Å². The van der Waals surface area contributed by atoms with Crippen molar-refractivity contribution in [3.05, 3.63) is 65.2 Å². The van der Waals surface area contributed by atoms with Crippen LogP contribution >= 0.6 is 0 Å². The molecule has 1 fully saturated rings. The van der Waals surface area contributed by atoms with Crippen LogP contribution in [0.1, 0.15) is 23.6 Å². The van der Waals surface area contributed by atoms with E-state index in [0.29, 0.717) is 18.5 Å². The zero-order valence-corrected chi connectivity index (χ0v) is 17.1. The summed E-state index contributed by atoms with van der Waals surface area (Å²) in [6.45, 7) is 1.06. The largest absolute Gasteiger partial charge is 0.507 e. The minimum absolute atomic E-state index is 0.0134. The van der Waals surface area contributed by atoms with Crippen molar-refractivity contribution in [2.45, 2.75) is 12.5 Å². The number of nitrogens with zero attached hydrogens (tertiary/aromatic N) is 3. The Kier molecular flexibility index (Phi) is 6.47. The maximum absolute atomic E-state index is 14.2. The van der Waals surface area contributed by atoms with Crippen molar-refractivity contribution < 1.29 is 23.8 Å². The molecule has 1 aromatic carbocycles. The molecule has 1 aromatic heterocycles. The maximum atomic E-state index is 14.2. The van der Waals surface area contributed by atoms with E-state index in [9.17, 15) is 19.1 Å². The molecule has 2 aromatic rings. The van der Waals surface area contributed by atoms with E-state index < -0.39 is 29.3 Å². The highest BCUT2D eigenvalue weighted by Gasteiger charge is 2.45. The molecule has 1 amide bonds. The number of amides is 1. The van der Waals surface area contributed by atoms with Crippen LogP contribution in [0.15, 0.2) is 48.3 Å². The second-order valence-corrected chi connectivity index (χ2v) is 7.29. The molecule has 0 aliphatic carbocycles. The van der Waals surface area contributed by atoms with Gasteiger partial charge in [-0.3, -0.25) is 14.6 Å². The zero-order valence-electron chi connectivity index (χ0n) is 17.1. The predicted molar refractivity (Wildman–Crippen MR) is 109 cm³/mol. The monoisotopic (exact) mass is 413 g/mol. The van der Waals surface area contributed by atoms with Gasteiger partial charge in [-0.25, -0.2) is 4.39 Å². The van der Waals surface area contributed by atoms with E-state index >= 15 is 0 Å². The van der Waals surface area contributed by atoms with Crippen molar-refractivity contribution in [1.29, 1.82) is 0 Å². The number of aliphatic hydroxyl groups is 1. The van der Waals surface area contributed by atoms with Gasteiger partial charge in [0.05, 0.1) is 18.7 Å². The predicted octanol–water partition coefficient (Wildman–Crippen LogP) is 2.60. The standard InChI is InChI=1S/C22H24FN3O4/c1-25(2)10-5-11-26-19(15-6-4-9-24-13-15)18(21(28)22(26)29)20(27)14-7-8-17(30-3)16(23)12-14/h4,6-9,12-13,19,27H,5,10-11H2,1-3H3/b20-18+/t19-/m0/s1. The third-order valence-corrected chi connectivity index (χ3v) is 4.97. The van der Waals surface area contributed by atoms with E-state index in [1.54, 1.807) is 24.5 Å². The third-order valence-electron chi connectivity index (χ3n) is 4.97. The summed E-state index contributed by atoms with van der Waals surface area (Å²) in [6, 6.07) is 6.51. The first kappa shape index (κ1) is 21.4. The fraction of sp³-hybridized carbons (Fsp3) is 0.318. The van der Waals surface area contributed by atoms with Crippen LogP contribution in [0.5, 0.6) is 5.75 Å². The number of Topliss-reactive ketones (excluding diaryl/α,β-unsaturated/α-hetero) is 1. The van der Waals surface area contributed by atoms with E-state index in [2.05, 4.69) is 4.98 Å². The minimum Gasteiger partial charge on any atom is -0.507 e. The van der Waals surface area contributed by atoms with E-state index in [4.69, 9.17) is 4.74 Å². The molecule has 7 nitrogen and oxygen atoms in total. The molecule has 1 saturated heterocycles.